The molecule has 1 atom stereocenters. The van der Waals surface area contributed by atoms with E-state index in [2.05, 4.69) is 33.8 Å². The van der Waals surface area contributed by atoms with Crippen molar-refractivity contribution in [2.75, 3.05) is 0 Å². The van der Waals surface area contributed by atoms with Crippen LogP contribution < -0.4 is 0 Å². The van der Waals surface area contributed by atoms with Crippen molar-refractivity contribution >= 4 is 17.2 Å². The van der Waals surface area contributed by atoms with Crippen LogP contribution in [-0.4, -0.2) is 21.0 Å². The minimum Gasteiger partial charge on any atom is -0.321 e. The van der Waals surface area contributed by atoms with Gasteiger partial charge in [0.05, 0.1) is 11.7 Å². The van der Waals surface area contributed by atoms with E-state index in [4.69, 9.17) is 0 Å². The van der Waals surface area contributed by atoms with Gasteiger partial charge in [0.25, 0.3) is 5.91 Å². The molecule has 27 heavy (non-hydrogen) atoms. The molecule has 4 aromatic rings. The van der Waals surface area contributed by atoms with Crippen molar-refractivity contribution < 1.29 is 4.79 Å². The number of nitrogens with zero attached hydrogens (tertiary/aromatic N) is 2. The molecule has 0 spiro atoms. The van der Waals surface area contributed by atoms with Gasteiger partial charge in [-0.2, -0.15) is 5.10 Å². The number of carbonyl (C=O) groups excluding carboxylic acids is 1. The average Bonchev–Trinajstić information content (AvgIpc) is 3.43. The highest BCUT2D eigenvalue weighted by Crippen LogP contribution is 2.44. The Balaban J connectivity index is 1.64. The van der Waals surface area contributed by atoms with Crippen LogP contribution in [0.15, 0.2) is 78.2 Å². The summed E-state index contributed by atoms with van der Waals surface area (Å²) in [5.41, 5.74) is 4.57. The van der Waals surface area contributed by atoms with E-state index in [0.717, 1.165) is 27.3 Å². The van der Waals surface area contributed by atoms with Crippen LogP contribution in [0.2, 0.25) is 0 Å². The fourth-order valence-electron chi connectivity index (χ4n) is 3.70. The molecule has 5 heteroatoms. The number of carbonyl (C=O) groups is 1. The minimum absolute atomic E-state index is 0.00179. The van der Waals surface area contributed by atoms with E-state index >= 15 is 0 Å². The third-order valence-corrected chi connectivity index (χ3v) is 5.84. The van der Waals surface area contributed by atoms with Gasteiger partial charge in [-0.15, -0.1) is 11.3 Å². The molecule has 0 saturated heterocycles. The number of amides is 1. The summed E-state index contributed by atoms with van der Waals surface area (Å²) in [4.78, 5) is 16.3. The molecule has 1 N–H and O–H groups in total. The largest absolute Gasteiger partial charge is 0.321 e. The molecule has 1 amide bonds. The molecule has 0 radical (unpaired) electrons. The monoisotopic (exact) mass is 371 g/mol. The summed E-state index contributed by atoms with van der Waals surface area (Å²) in [6.45, 7) is 0.568. The van der Waals surface area contributed by atoms with Crippen LogP contribution in [0.1, 0.15) is 32.5 Å². The van der Waals surface area contributed by atoms with Crippen molar-refractivity contribution in [1.82, 2.24) is 15.1 Å². The number of benzene rings is 2. The Morgan fingerprint density at radius 2 is 1.70 bits per heavy atom. The Hall–Kier alpha value is -3.18. The molecule has 132 valence electrons. The Bertz CT molecular complexity index is 1070. The first kappa shape index (κ1) is 16.0. The molecule has 0 aliphatic carbocycles. The Morgan fingerprint density at radius 3 is 2.41 bits per heavy atom. The predicted octanol–water partition coefficient (Wildman–Crippen LogP) is 4.88. The van der Waals surface area contributed by atoms with E-state index in [1.807, 2.05) is 59.5 Å². The van der Waals surface area contributed by atoms with Gasteiger partial charge in [-0.3, -0.25) is 9.89 Å². The zero-order chi connectivity index (χ0) is 18.2. The van der Waals surface area contributed by atoms with Gasteiger partial charge in [0.2, 0.25) is 0 Å². The standard InChI is InChI=1S/C22H17N3OS/c26-22-20-18(19(23-24-20)16-10-5-2-6-11-16)21(17-12-7-13-27-17)25(22)14-15-8-3-1-4-9-15/h1-13,21H,14H2,(H,23,24). The summed E-state index contributed by atoms with van der Waals surface area (Å²) in [6.07, 6.45) is 0. The summed E-state index contributed by atoms with van der Waals surface area (Å²) in [6, 6.07) is 24.2. The third-order valence-electron chi connectivity index (χ3n) is 4.92. The molecule has 2 aromatic carbocycles. The molecular weight excluding hydrogens is 354 g/mol. The summed E-state index contributed by atoms with van der Waals surface area (Å²) in [7, 11) is 0. The van der Waals surface area contributed by atoms with Crippen LogP contribution in [-0.2, 0) is 6.54 Å². The minimum atomic E-state index is -0.123. The maximum absolute atomic E-state index is 13.2. The second kappa shape index (κ2) is 6.52. The van der Waals surface area contributed by atoms with Crippen LogP contribution in [0.3, 0.4) is 0 Å². The maximum atomic E-state index is 13.2. The van der Waals surface area contributed by atoms with E-state index in [1.54, 1.807) is 11.3 Å². The van der Waals surface area contributed by atoms with E-state index < -0.39 is 0 Å². The van der Waals surface area contributed by atoms with Crippen molar-refractivity contribution in [3.8, 4) is 11.3 Å². The maximum Gasteiger partial charge on any atom is 0.273 e. The van der Waals surface area contributed by atoms with E-state index in [9.17, 15) is 4.79 Å². The van der Waals surface area contributed by atoms with Gasteiger partial charge in [0, 0.05) is 22.5 Å². The molecule has 3 heterocycles. The van der Waals surface area contributed by atoms with Gasteiger partial charge in [-0.25, -0.2) is 0 Å². The summed E-state index contributed by atoms with van der Waals surface area (Å²) >= 11 is 1.67. The normalized spacial score (nSPS) is 15.9. The second-order valence-electron chi connectivity index (χ2n) is 6.56. The molecule has 1 unspecified atom stereocenters. The molecule has 1 aliphatic heterocycles. The first-order valence-corrected chi connectivity index (χ1v) is 9.73. The molecule has 0 fully saturated rings. The fraction of sp³-hybridized carbons (Fsp3) is 0.0909. The number of rotatable bonds is 4. The lowest BCUT2D eigenvalue weighted by atomic mass is 10.0. The van der Waals surface area contributed by atoms with Crippen molar-refractivity contribution in [3.63, 3.8) is 0 Å². The number of aromatic amines is 1. The number of thiophene rings is 1. The van der Waals surface area contributed by atoms with Gasteiger partial charge < -0.3 is 4.90 Å². The molecule has 5 rings (SSSR count). The first-order chi connectivity index (χ1) is 13.3. The molecule has 0 bridgehead atoms. The molecule has 2 aromatic heterocycles. The highest BCUT2D eigenvalue weighted by Gasteiger charge is 2.42. The molecule has 0 saturated carbocycles. The Morgan fingerprint density at radius 1 is 0.963 bits per heavy atom. The smallest absolute Gasteiger partial charge is 0.273 e. The van der Waals surface area contributed by atoms with Crippen LogP contribution in [0.4, 0.5) is 0 Å². The SMILES string of the molecule is O=C1c2[nH]nc(-c3ccccc3)c2C(c2cccs2)N1Cc1ccccc1. The summed E-state index contributed by atoms with van der Waals surface area (Å²) in [5, 5.41) is 9.55. The predicted molar refractivity (Wildman–Crippen MR) is 107 cm³/mol. The van der Waals surface area contributed by atoms with Gasteiger partial charge in [0.1, 0.15) is 5.69 Å². The number of hydrogen-bond acceptors (Lipinski definition) is 3. The van der Waals surface area contributed by atoms with E-state index in [-0.39, 0.29) is 11.9 Å². The number of hydrogen-bond donors (Lipinski definition) is 1. The van der Waals surface area contributed by atoms with Crippen LogP contribution in [0, 0.1) is 0 Å². The lowest BCUT2D eigenvalue weighted by Crippen LogP contribution is -2.28. The zero-order valence-corrected chi connectivity index (χ0v) is 15.3. The molecule has 4 nitrogen and oxygen atoms in total. The van der Waals surface area contributed by atoms with Crippen molar-refractivity contribution in [3.05, 3.63) is 99.9 Å². The van der Waals surface area contributed by atoms with Crippen LogP contribution >= 0.6 is 11.3 Å². The highest BCUT2D eigenvalue weighted by atomic mass is 32.1. The lowest BCUT2D eigenvalue weighted by molar-refractivity contribution is 0.0732. The van der Waals surface area contributed by atoms with Crippen molar-refractivity contribution in [2.45, 2.75) is 12.6 Å². The first-order valence-electron chi connectivity index (χ1n) is 8.85. The number of fused-ring (bicyclic) bond motifs is 1. The topological polar surface area (TPSA) is 49.0 Å². The Labute approximate surface area is 161 Å². The van der Waals surface area contributed by atoms with E-state index in [1.165, 1.54) is 0 Å². The lowest BCUT2D eigenvalue weighted by Gasteiger charge is -2.25. The van der Waals surface area contributed by atoms with Crippen molar-refractivity contribution in [1.29, 1.82) is 0 Å². The van der Waals surface area contributed by atoms with Gasteiger partial charge in [0.15, 0.2) is 0 Å². The number of aromatic nitrogens is 2. The fourth-order valence-corrected chi connectivity index (χ4v) is 4.54. The zero-order valence-electron chi connectivity index (χ0n) is 14.5. The third kappa shape index (κ3) is 2.67. The van der Waals surface area contributed by atoms with E-state index in [0.29, 0.717) is 12.2 Å². The Kier molecular flexibility index (Phi) is 3.87. The quantitative estimate of drug-likeness (QED) is 0.556. The average molecular weight is 371 g/mol. The van der Waals surface area contributed by atoms with Gasteiger partial charge >= 0.3 is 0 Å². The van der Waals surface area contributed by atoms with Crippen molar-refractivity contribution in [2.24, 2.45) is 0 Å². The van der Waals surface area contributed by atoms with Gasteiger partial charge in [-0.1, -0.05) is 66.7 Å². The molecule has 1 aliphatic rings. The van der Waals surface area contributed by atoms with Crippen LogP contribution in [0.25, 0.3) is 11.3 Å². The number of nitrogens with one attached hydrogen (secondary N) is 1. The van der Waals surface area contributed by atoms with Gasteiger partial charge in [-0.05, 0) is 17.0 Å². The summed E-state index contributed by atoms with van der Waals surface area (Å²) < 4.78 is 0. The number of H-pyrrole nitrogens is 1. The summed E-state index contributed by atoms with van der Waals surface area (Å²) in [5.74, 6) is 0.00179. The highest BCUT2D eigenvalue weighted by molar-refractivity contribution is 7.10. The second-order valence-corrected chi connectivity index (χ2v) is 7.54. The molecular formula is C22H17N3OS. The van der Waals surface area contributed by atoms with Crippen LogP contribution in [0.5, 0.6) is 0 Å².